The summed E-state index contributed by atoms with van der Waals surface area (Å²) in [7, 11) is 0. The SMILES string of the molecule is Clc1c(Cl)c(Cl)c(C2=C3C(=C(c4c(Cl)c(Cl)c(Cl)c(Cl)c4Cl)c4c(Cl)c(Cl)c(Cl)c(Cl)c43)c3c(Cl)c(Cl)c(Cl)c(Cl)c32)c(Cl)c1Cl. The van der Waals surface area contributed by atoms with Crippen LogP contribution in [0.2, 0.25) is 90.4 Å². The van der Waals surface area contributed by atoms with Gasteiger partial charge in [0.1, 0.15) is 0 Å². The third kappa shape index (κ3) is 5.08. The molecule has 4 aromatic rings. The Morgan fingerprint density at radius 3 is 0.457 bits per heavy atom. The van der Waals surface area contributed by atoms with Crippen molar-refractivity contribution >= 4 is 231 Å². The summed E-state index contributed by atoms with van der Waals surface area (Å²) in [6, 6.07) is 0. The van der Waals surface area contributed by atoms with Gasteiger partial charge in [-0.25, -0.2) is 0 Å². The highest BCUT2D eigenvalue weighted by Gasteiger charge is 2.47. The van der Waals surface area contributed by atoms with Crippen molar-refractivity contribution in [3.8, 4) is 0 Å². The molecule has 46 heavy (non-hydrogen) atoms. The fourth-order valence-electron chi connectivity index (χ4n) is 5.35. The fourth-order valence-corrected chi connectivity index (χ4v) is 10.1. The molecule has 0 bridgehead atoms. The average molecular weight is 974 g/mol. The summed E-state index contributed by atoms with van der Waals surface area (Å²) in [6.45, 7) is 0. The summed E-state index contributed by atoms with van der Waals surface area (Å²) in [4.78, 5) is 0. The van der Waals surface area contributed by atoms with E-state index in [4.69, 9.17) is 209 Å². The fraction of sp³-hybridized carbons (Fsp3) is 0. The molecule has 0 aromatic heterocycles. The largest absolute Gasteiger partial charge is 0.0819 e. The van der Waals surface area contributed by atoms with Crippen molar-refractivity contribution in [2.45, 2.75) is 0 Å². The van der Waals surface area contributed by atoms with Crippen LogP contribution in [0.5, 0.6) is 0 Å². The van der Waals surface area contributed by atoms with Crippen LogP contribution >= 0.6 is 209 Å². The van der Waals surface area contributed by atoms with Gasteiger partial charge in [0.2, 0.25) is 0 Å². The monoisotopic (exact) mass is 965 g/mol. The number of allylic oxidation sites excluding steroid dienone is 2. The van der Waals surface area contributed by atoms with Gasteiger partial charge in [-0.3, -0.25) is 0 Å². The molecule has 0 atom stereocenters. The van der Waals surface area contributed by atoms with E-state index in [0.29, 0.717) is 0 Å². The first-order valence-corrected chi connectivity index (χ1v) is 18.5. The Balaban J connectivity index is 2.03. The summed E-state index contributed by atoms with van der Waals surface area (Å²) in [5, 5.41) is -1.77. The van der Waals surface area contributed by atoms with E-state index in [2.05, 4.69) is 0 Å². The normalized spacial score (nSPS) is 13.7. The smallest absolute Gasteiger partial charge is 0.0809 e. The molecule has 0 aliphatic heterocycles. The van der Waals surface area contributed by atoms with Crippen molar-refractivity contribution in [1.29, 1.82) is 0 Å². The van der Waals surface area contributed by atoms with Crippen LogP contribution in [-0.4, -0.2) is 0 Å². The molecule has 0 saturated carbocycles. The molecular weight excluding hydrogens is 974 g/mol. The van der Waals surface area contributed by atoms with E-state index < -0.39 is 0 Å². The molecular formula is C28Cl18. The van der Waals surface area contributed by atoms with Gasteiger partial charge in [-0.2, -0.15) is 0 Å². The molecule has 18 heteroatoms. The lowest BCUT2D eigenvalue weighted by Gasteiger charge is -2.21. The zero-order chi connectivity index (χ0) is 34.2. The quantitative estimate of drug-likeness (QED) is 0.139. The molecule has 0 spiro atoms. The van der Waals surface area contributed by atoms with Gasteiger partial charge in [-0.15, -0.1) is 0 Å². The van der Waals surface area contributed by atoms with Gasteiger partial charge < -0.3 is 0 Å². The third-order valence-electron chi connectivity index (χ3n) is 7.20. The highest BCUT2D eigenvalue weighted by molar-refractivity contribution is 6.62. The van der Waals surface area contributed by atoms with Crippen molar-refractivity contribution < 1.29 is 0 Å². The van der Waals surface area contributed by atoms with Gasteiger partial charge in [0.25, 0.3) is 0 Å². The third-order valence-corrected chi connectivity index (χ3v) is 15.4. The van der Waals surface area contributed by atoms with Crippen LogP contribution in [0.15, 0.2) is 0 Å². The second kappa shape index (κ2) is 13.2. The van der Waals surface area contributed by atoms with Crippen LogP contribution in [0, 0.1) is 0 Å². The topological polar surface area (TPSA) is 0 Å². The second-order valence-corrected chi connectivity index (χ2v) is 16.2. The molecule has 0 fully saturated rings. The van der Waals surface area contributed by atoms with E-state index in [0.717, 1.165) is 0 Å². The average Bonchev–Trinajstić information content (AvgIpc) is 3.54. The minimum atomic E-state index is -0.124. The zero-order valence-corrected chi connectivity index (χ0v) is 34.4. The Bertz CT molecular complexity index is 2010. The Kier molecular flexibility index (Phi) is 10.7. The van der Waals surface area contributed by atoms with Crippen molar-refractivity contribution in [2.75, 3.05) is 0 Å². The van der Waals surface area contributed by atoms with Crippen LogP contribution in [0.3, 0.4) is 0 Å². The minimum absolute atomic E-state index is 0.0554. The molecule has 2 aliphatic carbocycles. The predicted molar refractivity (Wildman–Crippen MR) is 208 cm³/mol. The van der Waals surface area contributed by atoms with Crippen LogP contribution in [0.25, 0.3) is 22.3 Å². The Labute approximate surface area is 350 Å². The maximum Gasteiger partial charge on any atom is 0.0809 e. The lowest BCUT2D eigenvalue weighted by atomic mass is 9.91. The molecule has 0 N–H and O–H groups in total. The van der Waals surface area contributed by atoms with Gasteiger partial charge in [-0.1, -0.05) is 209 Å². The van der Waals surface area contributed by atoms with Gasteiger partial charge in [0.05, 0.1) is 90.4 Å². The number of hydrogen-bond donors (Lipinski definition) is 0. The molecule has 0 nitrogen and oxygen atoms in total. The Morgan fingerprint density at radius 1 is 0.130 bits per heavy atom. The van der Waals surface area contributed by atoms with Crippen LogP contribution < -0.4 is 0 Å². The van der Waals surface area contributed by atoms with E-state index in [1.165, 1.54) is 0 Å². The summed E-state index contributed by atoms with van der Waals surface area (Å²) < 4.78 is 0. The van der Waals surface area contributed by atoms with E-state index in [9.17, 15) is 0 Å². The van der Waals surface area contributed by atoms with Crippen LogP contribution in [-0.2, 0) is 0 Å². The van der Waals surface area contributed by atoms with Crippen molar-refractivity contribution in [1.82, 2.24) is 0 Å². The summed E-state index contributed by atoms with van der Waals surface area (Å²) in [6.07, 6.45) is 0. The molecule has 6 rings (SSSR count). The van der Waals surface area contributed by atoms with Crippen LogP contribution in [0.1, 0.15) is 33.4 Å². The van der Waals surface area contributed by atoms with Crippen molar-refractivity contribution in [3.63, 3.8) is 0 Å². The molecule has 0 radical (unpaired) electrons. The van der Waals surface area contributed by atoms with Gasteiger partial charge >= 0.3 is 0 Å². The Hall–Kier alpha value is 1.58. The summed E-state index contributed by atoms with van der Waals surface area (Å²) >= 11 is 121. The summed E-state index contributed by atoms with van der Waals surface area (Å²) in [5.41, 5.74) is 1.86. The molecule has 0 saturated heterocycles. The molecule has 2 aliphatic rings. The van der Waals surface area contributed by atoms with Gasteiger partial charge in [0.15, 0.2) is 0 Å². The first kappa shape index (κ1) is 37.3. The van der Waals surface area contributed by atoms with E-state index in [-0.39, 0.29) is 146 Å². The first-order valence-electron chi connectivity index (χ1n) is 11.7. The number of benzene rings is 4. The lowest BCUT2D eigenvalue weighted by Crippen LogP contribution is -2.00. The van der Waals surface area contributed by atoms with Gasteiger partial charge in [0, 0.05) is 55.7 Å². The molecule has 0 amide bonds. The van der Waals surface area contributed by atoms with Crippen LogP contribution in [0.4, 0.5) is 0 Å². The highest BCUT2D eigenvalue weighted by atomic mass is 35.5. The van der Waals surface area contributed by atoms with E-state index in [1.807, 2.05) is 0 Å². The molecule has 4 aromatic carbocycles. The van der Waals surface area contributed by atoms with Crippen molar-refractivity contribution in [2.24, 2.45) is 0 Å². The first-order chi connectivity index (χ1) is 21.4. The number of halogens is 18. The van der Waals surface area contributed by atoms with E-state index in [1.54, 1.807) is 0 Å². The number of fused-ring (bicyclic) bond motifs is 5. The molecule has 0 unspecified atom stereocenters. The van der Waals surface area contributed by atoms with Gasteiger partial charge in [-0.05, 0) is 0 Å². The zero-order valence-electron chi connectivity index (χ0n) is 20.8. The standard InChI is InChI=1S/C28Cl18/c29-11-5-1-2(4(8(5)14(32)22(40)19(11)37)10-17(35)25(43)28(46)26(44)18(10)36)6-7(13(31)21(39)20(38)12(6)30)3(1)9-15(33)23(41)27(45)24(42)16(9)34. The molecule has 0 heterocycles. The number of rotatable bonds is 2. The lowest BCUT2D eigenvalue weighted by molar-refractivity contribution is 1.51. The molecule has 238 valence electrons. The summed E-state index contributed by atoms with van der Waals surface area (Å²) in [5.74, 6) is 0. The maximum absolute atomic E-state index is 6.98. The minimum Gasteiger partial charge on any atom is -0.0819 e. The predicted octanol–water partition coefficient (Wildman–Crippen LogP) is 18.7. The van der Waals surface area contributed by atoms with Crippen molar-refractivity contribution in [3.05, 3.63) is 124 Å². The second-order valence-electron chi connectivity index (χ2n) is 9.40. The maximum atomic E-state index is 6.98. The highest BCUT2D eigenvalue weighted by Crippen LogP contribution is 2.68. The Morgan fingerprint density at radius 2 is 0.261 bits per heavy atom. The number of hydrogen-bond acceptors (Lipinski definition) is 0. The van der Waals surface area contributed by atoms with E-state index >= 15 is 0 Å².